The summed E-state index contributed by atoms with van der Waals surface area (Å²) in [5.41, 5.74) is 2.24. The number of benzene rings is 2. The average molecular weight is 356 g/mol. The minimum Gasteiger partial charge on any atom is -0.308 e. The lowest BCUT2D eigenvalue weighted by Crippen LogP contribution is -1.73. The summed E-state index contributed by atoms with van der Waals surface area (Å²) in [7, 11) is 0. The molecular weight excluding hydrogens is 334 g/mol. The van der Waals surface area contributed by atoms with Crippen molar-refractivity contribution in [2.45, 2.75) is 6.92 Å². The molecule has 0 unspecified atom stereocenters. The van der Waals surface area contributed by atoms with Gasteiger partial charge in [0.2, 0.25) is 0 Å². The summed E-state index contributed by atoms with van der Waals surface area (Å²) < 4.78 is 1.15. The SMILES string of the molecule is C=C/C=C\C=C.Cc1cccc(Br)c1.N=Cc1ccccc1. The summed E-state index contributed by atoms with van der Waals surface area (Å²) in [4.78, 5) is 0. The molecule has 0 saturated heterocycles. The van der Waals surface area contributed by atoms with E-state index in [1.54, 1.807) is 12.2 Å². The highest BCUT2D eigenvalue weighted by Gasteiger charge is 1.82. The third-order valence-electron chi connectivity index (χ3n) is 2.33. The topological polar surface area (TPSA) is 23.9 Å². The number of aryl methyl sites for hydroxylation is 1. The Labute approximate surface area is 142 Å². The van der Waals surface area contributed by atoms with Crippen molar-refractivity contribution in [3.63, 3.8) is 0 Å². The fourth-order valence-corrected chi connectivity index (χ4v) is 1.83. The lowest BCUT2D eigenvalue weighted by molar-refractivity contribution is 1.45. The minimum atomic E-state index is 0.951. The first-order valence-electron chi connectivity index (χ1n) is 6.81. The molecule has 2 aromatic carbocycles. The molecule has 0 spiro atoms. The molecule has 1 N–H and O–H groups in total. The van der Waals surface area contributed by atoms with Gasteiger partial charge < -0.3 is 5.41 Å². The summed E-state index contributed by atoms with van der Waals surface area (Å²) in [5, 5.41) is 6.82. The number of hydrogen-bond acceptors (Lipinski definition) is 1. The maximum absolute atomic E-state index is 6.82. The Kier molecular flexibility index (Phi) is 12.4. The van der Waals surface area contributed by atoms with Gasteiger partial charge in [-0.15, -0.1) is 0 Å². The van der Waals surface area contributed by atoms with Crippen molar-refractivity contribution in [1.29, 1.82) is 5.41 Å². The smallest absolute Gasteiger partial charge is 0.0250 e. The minimum absolute atomic E-state index is 0.951. The van der Waals surface area contributed by atoms with Crippen molar-refractivity contribution in [1.82, 2.24) is 0 Å². The van der Waals surface area contributed by atoms with Gasteiger partial charge >= 0.3 is 0 Å². The van der Waals surface area contributed by atoms with Crippen molar-refractivity contribution in [3.05, 3.63) is 108 Å². The lowest BCUT2D eigenvalue weighted by atomic mass is 10.2. The molecule has 0 aromatic heterocycles. The molecule has 1 nitrogen and oxygen atoms in total. The van der Waals surface area contributed by atoms with Crippen LogP contribution in [-0.4, -0.2) is 6.21 Å². The zero-order valence-electron chi connectivity index (χ0n) is 12.9. The van der Waals surface area contributed by atoms with Gasteiger partial charge in [-0.25, -0.2) is 0 Å². The van der Waals surface area contributed by atoms with Crippen LogP contribution in [0.25, 0.3) is 0 Å². The molecule has 0 amide bonds. The molecule has 0 atom stereocenters. The molecule has 114 valence electrons. The monoisotopic (exact) mass is 355 g/mol. The van der Waals surface area contributed by atoms with Crippen molar-refractivity contribution < 1.29 is 0 Å². The second-order valence-electron chi connectivity index (χ2n) is 4.21. The van der Waals surface area contributed by atoms with Crippen LogP contribution < -0.4 is 0 Å². The summed E-state index contributed by atoms with van der Waals surface area (Å²) in [6, 6.07) is 17.8. The van der Waals surface area contributed by atoms with Crippen LogP contribution in [-0.2, 0) is 0 Å². The summed E-state index contributed by atoms with van der Waals surface area (Å²) in [5.74, 6) is 0. The summed E-state index contributed by atoms with van der Waals surface area (Å²) in [6.45, 7) is 9.00. The Balaban J connectivity index is 0.000000306. The highest BCUT2D eigenvalue weighted by atomic mass is 79.9. The maximum atomic E-state index is 6.82. The van der Waals surface area contributed by atoms with Crippen LogP contribution in [0.4, 0.5) is 0 Å². The van der Waals surface area contributed by atoms with Crippen LogP contribution in [0.5, 0.6) is 0 Å². The van der Waals surface area contributed by atoms with E-state index in [2.05, 4.69) is 48.1 Å². The van der Waals surface area contributed by atoms with Crippen LogP contribution in [0, 0.1) is 12.3 Å². The van der Waals surface area contributed by atoms with E-state index in [0.717, 1.165) is 10.0 Å². The first kappa shape index (κ1) is 19.8. The van der Waals surface area contributed by atoms with E-state index in [1.807, 2.05) is 54.6 Å². The normalized spacial score (nSPS) is 8.82. The van der Waals surface area contributed by atoms with Crippen molar-refractivity contribution in [3.8, 4) is 0 Å². The van der Waals surface area contributed by atoms with Crippen LogP contribution in [0.3, 0.4) is 0 Å². The third kappa shape index (κ3) is 11.6. The van der Waals surface area contributed by atoms with Gasteiger partial charge in [0.1, 0.15) is 0 Å². The third-order valence-corrected chi connectivity index (χ3v) is 2.82. The van der Waals surface area contributed by atoms with E-state index in [4.69, 9.17) is 5.41 Å². The van der Waals surface area contributed by atoms with E-state index in [1.165, 1.54) is 11.8 Å². The number of allylic oxidation sites excluding steroid dienone is 4. The predicted molar refractivity (Wildman–Crippen MR) is 103 cm³/mol. The number of nitrogens with one attached hydrogen (secondary N) is 1. The average Bonchev–Trinajstić information content (AvgIpc) is 2.54. The Bertz CT molecular complexity index is 558. The van der Waals surface area contributed by atoms with E-state index in [-0.39, 0.29) is 0 Å². The molecular formula is C20H22BrN. The second-order valence-corrected chi connectivity index (χ2v) is 5.13. The molecule has 0 radical (unpaired) electrons. The molecule has 0 fully saturated rings. The van der Waals surface area contributed by atoms with E-state index < -0.39 is 0 Å². The van der Waals surface area contributed by atoms with Crippen LogP contribution in [0.15, 0.2) is 96.5 Å². The van der Waals surface area contributed by atoms with Gasteiger partial charge in [0.05, 0.1) is 0 Å². The number of hydrogen-bond donors (Lipinski definition) is 1. The highest BCUT2D eigenvalue weighted by Crippen LogP contribution is 2.09. The molecule has 0 aliphatic carbocycles. The van der Waals surface area contributed by atoms with Crippen LogP contribution in [0.1, 0.15) is 11.1 Å². The molecule has 0 saturated carbocycles. The van der Waals surface area contributed by atoms with Crippen LogP contribution in [0.2, 0.25) is 0 Å². The largest absolute Gasteiger partial charge is 0.308 e. The first-order valence-corrected chi connectivity index (χ1v) is 7.61. The van der Waals surface area contributed by atoms with E-state index in [0.29, 0.717) is 0 Å². The summed E-state index contributed by atoms with van der Waals surface area (Å²) in [6.07, 6.45) is 8.41. The molecule has 0 bridgehead atoms. The van der Waals surface area contributed by atoms with E-state index >= 15 is 0 Å². The van der Waals surface area contributed by atoms with Crippen LogP contribution >= 0.6 is 15.9 Å². The highest BCUT2D eigenvalue weighted by molar-refractivity contribution is 9.10. The van der Waals surface area contributed by atoms with Crippen molar-refractivity contribution >= 4 is 22.1 Å². The Morgan fingerprint density at radius 2 is 1.50 bits per heavy atom. The fraction of sp³-hybridized carbons (Fsp3) is 0.0500. The second kappa shape index (κ2) is 13.8. The quantitative estimate of drug-likeness (QED) is 0.489. The zero-order chi connectivity index (χ0) is 16.6. The Hall–Kier alpha value is -2.19. The van der Waals surface area contributed by atoms with Gasteiger partial charge in [0, 0.05) is 10.7 Å². The van der Waals surface area contributed by atoms with Crippen molar-refractivity contribution in [2.75, 3.05) is 0 Å². The molecule has 2 aromatic rings. The van der Waals surface area contributed by atoms with Gasteiger partial charge in [0.15, 0.2) is 0 Å². The standard InChI is InChI=1S/C7H7Br.C7H7N.C6H8/c1-6-3-2-4-7(8)5-6;8-6-7-4-2-1-3-5-7;1-3-5-6-4-2/h2-5H,1H3;1-6,8H;3-6H,1-2H2/b;;6-5-. The van der Waals surface area contributed by atoms with Gasteiger partial charge in [-0.2, -0.15) is 0 Å². The maximum Gasteiger partial charge on any atom is 0.0250 e. The zero-order valence-corrected chi connectivity index (χ0v) is 14.5. The molecule has 2 rings (SSSR count). The first-order chi connectivity index (χ1) is 10.6. The predicted octanol–water partition coefficient (Wildman–Crippen LogP) is 6.36. The van der Waals surface area contributed by atoms with E-state index in [9.17, 15) is 0 Å². The molecule has 0 heterocycles. The molecule has 2 heteroatoms. The van der Waals surface area contributed by atoms with Gasteiger partial charge in [0.25, 0.3) is 0 Å². The lowest BCUT2D eigenvalue weighted by Gasteiger charge is -1.89. The number of halogens is 1. The molecule has 22 heavy (non-hydrogen) atoms. The van der Waals surface area contributed by atoms with Gasteiger partial charge in [-0.05, 0) is 24.6 Å². The number of rotatable bonds is 3. The van der Waals surface area contributed by atoms with Gasteiger partial charge in [-0.3, -0.25) is 0 Å². The van der Waals surface area contributed by atoms with Crippen molar-refractivity contribution in [2.24, 2.45) is 0 Å². The fourth-order valence-electron chi connectivity index (χ4n) is 1.31. The Morgan fingerprint density at radius 1 is 0.909 bits per heavy atom. The molecule has 0 aliphatic heterocycles. The summed E-state index contributed by atoms with van der Waals surface area (Å²) >= 11 is 3.36. The van der Waals surface area contributed by atoms with Gasteiger partial charge in [-0.1, -0.05) is 101 Å². The molecule has 0 aliphatic rings. The Morgan fingerprint density at radius 3 is 1.82 bits per heavy atom.